The minimum atomic E-state index is -0.419. The molecule has 0 spiro atoms. The third-order valence-electron chi connectivity index (χ3n) is 1.89. The van der Waals surface area contributed by atoms with E-state index in [0.29, 0.717) is 12.3 Å². The van der Waals surface area contributed by atoms with E-state index in [-0.39, 0.29) is 12.5 Å². The maximum Gasteiger partial charge on any atom is 0.325 e. The summed E-state index contributed by atoms with van der Waals surface area (Å²) in [7, 11) is 1.29. The lowest BCUT2D eigenvalue weighted by atomic mass is 10.1. The summed E-state index contributed by atoms with van der Waals surface area (Å²) in [6, 6.07) is 0. The van der Waals surface area contributed by atoms with Crippen LogP contribution in [0.15, 0.2) is 0 Å². The second-order valence-corrected chi connectivity index (χ2v) is 3.07. The van der Waals surface area contributed by atoms with Gasteiger partial charge in [-0.05, 0) is 5.92 Å². The predicted octanol–water partition coefficient (Wildman–Crippen LogP) is 0.712. The average molecular weight is 187 g/mol. The molecular weight excluding hydrogens is 170 g/mol. The van der Waals surface area contributed by atoms with Crippen LogP contribution in [0.2, 0.25) is 0 Å². The molecule has 4 heteroatoms. The second kappa shape index (κ2) is 6.46. The number of ether oxygens (including phenoxy) is 1. The molecular formula is C9H17NO3. The van der Waals surface area contributed by atoms with Crippen LogP contribution in [0, 0.1) is 5.92 Å². The van der Waals surface area contributed by atoms with Crippen molar-refractivity contribution in [1.82, 2.24) is 5.32 Å². The van der Waals surface area contributed by atoms with E-state index in [1.54, 1.807) is 0 Å². The van der Waals surface area contributed by atoms with Crippen molar-refractivity contribution in [3.63, 3.8) is 0 Å². The van der Waals surface area contributed by atoms with E-state index in [4.69, 9.17) is 0 Å². The van der Waals surface area contributed by atoms with Gasteiger partial charge in [0.1, 0.15) is 6.54 Å². The van der Waals surface area contributed by atoms with Crippen molar-refractivity contribution in [2.24, 2.45) is 5.92 Å². The van der Waals surface area contributed by atoms with Gasteiger partial charge in [0, 0.05) is 6.42 Å². The molecule has 0 rings (SSSR count). The number of rotatable bonds is 5. The number of amides is 1. The molecule has 1 unspecified atom stereocenters. The standard InChI is InChI=1S/C9H17NO3/c1-4-7(2)5-8(11)10-6-9(12)13-3/h7H,4-6H2,1-3H3,(H,10,11). The first-order valence-corrected chi connectivity index (χ1v) is 4.43. The second-order valence-electron chi connectivity index (χ2n) is 3.07. The van der Waals surface area contributed by atoms with Crippen molar-refractivity contribution < 1.29 is 14.3 Å². The van der Waals surface area contributed by atoms with E-state index in [1.165, 1.54) is 7.11 Å². The number of nitrogens with one attached hydrogen (secondary N) is 1. The highest BCUT2D eigenvalue weighted by molar-refractivity contribution is 5.81. The van der Waals surface area contributed by atoms with Gasteiger partial charge in [0.05, 0.1) is 7.11 Å². The Kier molecular flexibility index (Phi) is 5.93. The fourth-order valence-corrected chi connectivity index (χ4v) is 0.776. The molecule has 0 aliphatic heterocycles. The summed E-state index contributed by atoms with van der Waals surface area (Å²) in [6.45, 7) is 3.99. The summed E-state index contributed by atoms with van der Waals surface area (Å²) in [4.78, 5) is 21.7. The maximum absolute atomic E-state index is 11.1. The zero-order valence-electron chi connectivity index (χ0n) is 8.42. The molecule has 0 aliphatic carbocycles. The van der Waals surface area contributed by atoms with Crippen molar-refractivity contribution in [1.29, 1.82) is 0 Å². The minimum absolute atomic E-state index is 0.0359. The Bertz CT molecular complexity index is 180. The van der Waals surface area contributed by atoms with Gasteiger partial charge in [-0.3, -0.25) is 9.59 Å². The lowest BCUT2D eigenvalue weighted by Crippen LogP contribution is -2.30. The van der Waals surface area contributed by atoms with Gasteiger partial charge in [-0.15, -0.1) is 0 Å². The van der Waals surface area contributed by atoms with Crippen LogP contribution in [0.1, 0.15) is 26.7 Å². The zero-order chi connectivity index (χ0) is 10.3. The molecule has 4 nitrogen and oxygen atoms in total. The summed E-state index contributed by atoms with van der Waals surface area (Å²) in [5.41, 5.74) is 0. The van der Waals surface area contributed by atoms with Gasteiger partial charge in [-0.25, -0.2) is 0 Å². The molecule has 0 saturated heterocycles. The summed E-state index contributed by atoms with van der Waals surface area (Å²) < 4.78 is 4.38. The predicted molar refractivity (Wildman–Crippen MR) is 49.1 cm³/mol. The van der Waals surface area contributed by atoms with Crippen molar-refractivity contribution >= 4 is 11.9 Å². The molecule has 1 atom stereocenters. The van der Waals surface area contributed by atoms with Crippen LogP contribution in [0.5, 0.6) is 0 Å². The molecule has 0 aromatic carbocycles. The molecule has 0 fully saturated rings. The topological polar surface area (TPSA) is 55.4 Å². The van der Waals surface area contributed by atoms with E-state index in [0.717, 1.165) is 6.42 Å². The van der Waals surface area contributed by atoms with E-state index < -0.39 is 5.97 Å². The Morgan fingerprint density at radius 2 is 2.08 bits per heavy atom. The van der Waals surface area contributed by atoms with Crippen molar-refractivity contribution in [2.75, 3.05) is 13.7 Å². The van der Waals surface area contributed by atoms with Crippen molar-refractivity contribution in [3.8, 4) is 0 Å². The molecule has 0 saturated carbocycles. The van der Waals surface area contributed by atoms with Crippen molar-refractivity contribution in [2.45, 2.75) is 26.7 Å². The zero-order valence-corrected chi connectivity index (χ0v) is 8.42. The fraction of sp³-hybridized carbons (Fsp3) is 0.778. The number of hydrogen-bond donors (Lipinski definition) is 1. The normalized spacial score (nSPS) is 11.9. The third kappa shape index (κ3) is 6.13. The Morgan fingerprint density at radius 3 is 2.54 bits per heavy atom. The van der Waals surface area contributed by atoms with Gasteiger partial charge in [-0.2, -0.15) is 0 Å². The number of carbonyl (C=O) groups excluding carboxylic acids is 2. The molecule has 0 aromatic rings. The van der Waals surface area contributed by atoms with E-state index in [2.05, 4.69) is 10.1 Å². The molecule has 76 valence electrons. The van der Waals surface area contributed by atoms with Gasteiger partial charge < -0.3 is 10.1 Å². The SMILES string of the molecule is CCC(C)CC(=O)NCC(=O)OC. The third-order valence-corrected chi connectivity index (χ3v) is 1.89. The maximum atomic E-state index is 11.1. The first kappa shape index (κ1) is 11.9. The van der Waals surface area contributed by atoms with Crippen molar-refractivity contribution in [3.05, 3.63) is 0 Å². The van der Waals surface area contributed by atoms with Gasteiger partial charge in [0.2, 0.25) is 5.91 Å². The number of carbonyl (C=O) groups is 2. The van der Waals surface area contributed by atoms with Crippen LogP contribution < -0.4 is 5.32 Å². The lowest BCUT2D eigenvalue weighted by molar-refractivity contribution is -0.141. The summed E-state index contributed by atoms with van der Waals surface area (Å²) in [6.07, 6.45) is 1.43. The summed E-state index contributed by atoms with van der Waals surface area (Å²) in [5, 5.41) is 2.49. The molecule has 1 N–H and O–H groups in total. The van der Waals surface area contributed by atoms with Crippen LogP contribution in [0.25, 0.3) is 0 Å². The van der Waals surface area contributed by atoms with E-state index in [1.807, 2.05) is 13.8 Å². The van der Waals surface area contributed by atoms with Crippen LogP contribution >= 0.6 is 0 Å². The first-order chi connectivity index (χ1) is 6.10. The summed E-state index contributed by atoms with van der Waals surface area (Å²) >= 11 is 0. The molecule has 0 bridgehead atoms. The highest BCUT2D eigenvalue weighted by Crippen LogP contribution is 2.04. The molecule has 13 heavy (non-hydrogen) atoms. The largest absolute Gasteiger partial charge is 0.468 e. The monoisotopic (exact) mass is 187 g/mol. The number of esters is 1. The molecule has 0 radical (unpaired) electrons. The van der Waals surface area contributed by atoms with Crippen LogP contribution in [0.3, 0.4) is 0 Å². The van der Waals surface area contributed by atoms with Gasteiger partial charge in [-0.1, -0.05) is 20.3 Å². The van der Waals surface area contributed by atoms with Crippen LogP contribution in [0.4, 0.5) is 0 Å². The van der Waals surface area contributed by atoms with Gasteiger partial charge >= 0.3 is 5.97 Å². The number of hydrogen-bond acceptors (Lipinski definition) is 3. The Morgan fingerprint density at radius 1 is 1.46 bits per heavy atom. The fourth-order valence-electron chi connectivity index (χ4n) is 0.776. The highest BCUT2D eigenvalue weighted by Gasteiger charge is 2.08. The van der Waals surface area contributed by atoms with Crippen LogP contribution in [-0.2, 0) is 14.3 Å². The lowest BCUT2D eigenvalue weighted by Gasteiger charge is -2.07. The van der Waals surface area contributed by atoms with Gasteiger partial charge in [0.15, 0.2) is 0 Å². The number of methoxy groups -OCH3 is 1. The first-order valence-electron chi connectivity index (χ1n) is 4.43. The smallest absolute Gasteiger partial charge is 0.325 e. The Labute approximate surface area is 78.6 Å². The highest BCUT2D eigenvalue weighted by atomic mass is 16.5. The van der Waals surface area contributed by atoms with E-state index in [9.17, 15) is 9.59 Å². The van der Waals surface area contributed by atoms with Crippen LogP contribution in [-0.4, -0.2) is 25.5 Å². The molecule has 0 aromatic heterocycles. The summed E-state index contributed by atoms with van der Waals surface area (Å²) in [5.74, 6) is -0.158. The quantitative estimate of drug-likeness (QED) is 0.645. The van der Waals surface area contributed by atoms with Gasteiger partial charge in [0.25, 0.3) is 0 Å². The minimum Gasteiger partial charge on any atom is -0.468 e. The molecule has 0 aliphatic rings. The van der Waals surface area contributed by atoms with E-state index >= 15 is 0 Å². The Balaban J connectivity index is 3.57. The average Bonchev–Trinajstić information content (AvgIpc) is 2.13. The Hall–Kier alpha value is -1.06. The molecule has 0 heterocycles. The molecule has 1 amide bonds.